The smallest absolute Gasteiger partial charge is 0.00728 e. The molecular formula is C16H30N2. The maximum atomic E-state index is 3.75. The highest BCUT2D eigenvalue weighted by atomic mass is 15.1. The third-order valence-corrected chi connectivity index (χ3v) is 5.53. The average molecular weight is 250 g/mol. The van der Waals surface area contributed by atoms with Crippen LogP contribution in [0.4, 0.5) is 0 Å². The van der Waals surface area contributed by atoms with E-state index >= 15 is 0 Å². The van der Waals surface area contributed by atoms with E-state index in [-0.39, 0.29) is 0 Å². The van der Waals surface area contributed by atoms with Gasteiger partial charge in [0.15, 0.2) is 0 Å². The van der Waals surface area contributed by atoms with Gasteiger partial charge in [-0.3, -0.25) is 0 Å². The molecule has 2 saturated heterocycles. The summed E-state index contributed by atoms with van der Waals surface area (Å²) in [5.74, 6) is 2.02. The Hall–Kier alpha value is -0.0800. The van der Waals surface area contributed by atoms with Crippen molar-refractivity contribution in [3.8, 4) is 0 Å². The van der Waals surface area contributed by atoms with Crippen molar-refractivity contribution in [1.29, 1.82) is 0 Å². The molecular weight excluding hydrogens is 220 g/mol. The van der Waals surface area contributed by atoms with Gasteiger partial charge >= 0.3 is 0 Å². The summed E-state index contributed by atoms with van der Waals surface area (Å²) in [5, 5.41) is 3.75. The van der Waals surface area contributed by atoms with Crippen molar-refractivity contribution in [1.82, 2.24) is 10.2 Å². The van der Waals surface area contributed by atoms with Crippen LogP contribution in [0.2, 0.25) is 0 Å². The Balaban J connectivity index is 1.35. The number of nitrogens with zero attached hydrogens (tertiary/aromatic N) is 1. The van der Waals surface area contributed by atoms with Crippen molar-refractivity contribution >= 4 is 0 Å². The average Bonchev–Trinajstić information content (AvgIpc) is 2.97. The molecule has 2 aliphatic heterocycles. The van der Waals surface area contributed by atoms with Crippen molar-refractivity contribution < 1.29 is 0 Å². The minimum Gasteiger partial charge on any atom is -0.311 e. The van der Waals surface area contributed by atoms with Gasteiger partial charge in [0.25, 0.3) is 0 Å². The summed E-state index contributed by atoms with van der Waals surface area (Å²) in [7, 11) is 2.34. The molecule has 18 heavy (non-hydrogen) atoms. The predicted molar refractivity (Wildman–Crippen MR) is 76.7 cm³/mol. The van der Waals surface area contributed by atoms with Gasteiger partial charge in [-0.15, -0.1) is 0 Å². The lowest BCUT2D eigenvalue weighted by Gasteiger charge is -2.30. The van der Waals surface area contributed by atoms with Gasteiger partial charge in [-0.25, -0.2) is 0 Å². The molecule has 3 rings (SSSR count). The van der Waals surface area contributed by atoms with Crippen LogP contribution in [-0.4, -0.2) is 37.1 Å². The maximum Gasteiger partial charge on any atom is 0.00728 e. The van der Waals surface area contributed by atoms with Gasteiger partial charge in [-0.1, -0.05) is 12.8 Å². The zero-order chi connectivity index (χ0) is 12.4. The van der Waals surface area contributed by atoms with Crippen LogP contribution in [0.15, 0.2) is 0 Å². The van der Waals surface area contributed by atoms with Crippen LogP contribution >= 0.6 is 0 Å². The Morgan fingerprint density at radius 1 is 0.944 bits per heavy atom. The van der Waals surface area contributed by atoms with E-state index in [2.05, 4.69) is 17.3 Å². The molecule has 0 aromatic rings. The van der Waals surface area contributed by atoms with E-state index < -0.39 is 0 Å². The molecule has 0 aromatic carbocycles. The summed E-state index contributed by atoms with van der Waals surface area (Å²) >= 11 is 0. The van der Waals surface area contributed by atoms with Crippen LogP contribution in [0.5, 0.6) is 0 Å². The molecule has 3 fully saturated rings. The quantitative estimate of drug-likeness (QED) is 0.807. The van der Waals surface area contributed by atoms with E-state index in [1.54, 1.807) is 0 Å². The molecule has 2 bridgehead atoms. The van der Waals surface area contributed by atoms with E-state index in [4.69, 9.17) is 0 Å². The van der Waals surface area contributed by atoms with Gasteiger partial charge in [-0.05, 0) is 70.4 Å². The Morgan fingerprint density at radius 3 is 2.28 bits per heavy atom. The lowest BCUT2D eigenvalue weighted by Crippen LogP contribution is -2.39. The molecule has 0 radical (unpaired) electrons. The van der Waals surface area contributed by atoms with Gasteiger partial charge in [0, 0.05) is 18.6 Å². The number of hydrogen-bond acceptors (Lipinski definition) is 2. The highest BCUT2D eigenvalue weighted by molar-refractivity contribution is 4.92. The van der Waals surface area contributed by atoms with Crippen LogP contribution in [0, 0.1) is 11.8 Å². The molecule has 1 saturated carbocycles. The Bertz CT molecular complexity index is 248. The SMILES string of the molecule is CN(CCC1CC2CCC(C1)N2)CC1CCCC1. The first-order valence-electron chi connectivity index (χ1n) is 8.24. The highest BCUT2D eigenvalue weighted by Gasteiger charge is 2.33. The minimum atomic E-state index is 0.869. The number of nitrogens with one attached hydrogen (secondary N) is 1. The zero-order valence-electron chi connectivity index (χ0n) is 12.0. The van der Waals surface area contributed by atoms with Gasteiger partial charge in [0.05, 0.1) is 0 Å². The van der Waals surface area contributed by atoms with Crippen LogP contribution < -0.4 is 5.32 Å². The molecule has 2 atom stereocenters. The largest absolute Gasteiger partial charge is 0.311 e. The molecule has 2 heterocycles. The monoisotopic (exact) mass is 250 g/mol. The summed E-state index contributed by atoms with van der Waals surface area (Å²) in [6.07, 6.45) is 13.2. The molecule has 1 N–H and O–H groups in total. The van der Waals surface area contributed by atoms with Crippen LogP contribution in [0.25, 0.3) is 0 Å². The van der Waals surface area contributed by atoms with E-state index in [0.717, 1.165) is 23.9 Å². The number of fused-ring (bicyclic) bond motifs is 2. The fourth-order valence-electron chi connectivity index (χ4n) is 4.54. The summed E-state index contributed by atoms with van der Waals surface area (Å²) in [4.78, 5) is 2.61. The van der Waals surface area contributed by atoms with E-state index in [1.807, 2.05) is 0 Å². The van der Waals surface area contributed by atoms with Crippen molar-refractivity contribution in [2.75, 3.05) is 20.1 Å². The van der Waals surface area contributed by atoms with Crippen molar-refractivity contribution in [3.63, 3.8) is 0 Å². The normalized spacial score (nSPS) is 36.7. The molecule has 2 heteroatoms. The first-order chi connectivity index (χ1) is 8.79. The predicted octanol–water partition coefficient (Wildman–Crippen LogP) is 3.03. The Morgan fingerprint density at radius 2 is 1.61 bits per heavy atom. The summed E-state index contributed by atoms with van der Waals surface area (Å²) in [6, 6.07) is 1.74. The van der Waals surface area contributed by atoms with Gasteiger partial charge in [0.2, 0.25) is 0 Å². The van der Waals surface area contributed by atoms with Gasteiger partial charge in [0.1, 0.15) is 0 Å². The summed E-state index contributed by atoms with van der Waals surface area (Å²) in [6.45, 7) is 2.69. The molecule has 2 unspecified atom stereocenters. The van der Waals surface area contributed by atoms with Crippen LogP contribution in [0.3, 0.4) is 0 Å². The first-order valence-corrected chi connectivity index (χ1v) is 8.24. The highest BCUT2D eigenvalue weighted by Crippen LogP contribution is 2.33. The molecule has 3 aliphatic rings. The third-order valence-electron chi connectivity index (χ3n) is 5.53. The van der Waals surface area contributed by atoms with Gasteiger partial charge < -0.3 is 10.2 Å². The van der Waals surface area contributed by atoms with Gasteiger partial charge in [-0.2, -0.15) is 0 Å². The van der Waals surface area contributed by atoms with Crippen LogP contribution in [-0.2, 0) is 0 Å². The van der Waals surface area contributed by atoms with E-state index in [9.17, 15) is 0 Å². The standard InChI is InChI=1S/C16H30N2/c1-18(12-13-4-2-3-5-13)9-8-14-10-15-6-7-16(11-14)17-15/h13-17H,2-12H2,1H3. The summed E-state index contributed by atoms with van der Waals surface area (Å²) in [5.41, 5.74) is 0. The molecule has 1 aliphatic carbocycles. The lowest BCUT2D eigenvalue weighted by molar-refractivity contribution is 0.223. The topological polar surface area (TPSA) is 15.3 Å². The maximum absolute atomic E-state index is 3.75. The lowest BCUT2D eigenvalue weighted by atomic mass is 9.89. The Kier molecular flexibility index (Phi) is 4.25. The van der Waals surface area contributed by atoms with Crippen LogP contribution in [0.1, 0.15) is 57.8 Å². The van der Waals surface area contributed by atoms with Crippen molar-refractivity contribution in [3.05, 3.63) is 0 Å². The second-order valence-corrected chi connectivity index (χ2v) is 7.18. The zero-order valence-corrected chi connectivity index (χ0v) is 12.0. The number of piperidine rings is 1. The van der Waals surface area contributed by atoms with E-state index in [0.29, 0.717) is 0 Å². The van der Waals surface area contributed by atoms with E-state index in [1.165, 1.54) is 70.9 Å². The Labute approximate surface area is 113 Å². The molecule has 2 nitrogen and oxygen atoms in total. The number of rotatable bonds is 5. The molecule has 0 amide bonds. The third kappa shape index (κ3) is 3.27. The summed E-state index contributed by atoms with van der Waals surface area (Å²) < 4.78 is 0. The second-order valence-electron chi connectivity index (χ2n) is 7.18. The van der Waals surface area contributed by atoms with Crippen molar-refractivity contribution in [2.45, 2.75) is 69.9 Å². The van der Waals surface area contributed by atoms with Crippen molar-refractivity contribution in [2.24, 2.45) is 11.8 Å². The molecule has 104 valence electrons. The molecule has 0 spiro atoms. The molecule has 0 aromatic heterocycles. The minimum absolute atomic E-state index is 0.869. The first kappa shape index (κ1) is 12.9. The fourth-order valence-corrected chi connectivity index (χ4v) is 4.54. The second kappa shape index (κ2) is 5.92. The fraction of sp³-hybridized carbons (Fsp3) is 1.00. The number of hydrogen-bond donors (Lipinski definition) is 1.